The lowest BCUT2D eigenvalue weighted by molar-refractivity contribution is 0.134. The minimum Gasteiger partial charge on any atom is -0.496 e. The summed E-state index contributed by atoms with van der Waals surface area (Å²) in [5.41, 5.74) is 2.34. The lowest BCUT2D eigenvalue weighted by atomic mass is 9.69. The van der Waals surface area contributed by atoms with Gasteiger partial charge in [-0.05, 0) is 44.0 Å². The topological polar surface area (TPSA) is 36.3 Å². The number of rotatable bonds is 5. The van der Waals surface area contributed by atoms with Gasteiger partial charge in [0.15, 0.2) is 0 Å². The van der Waals surface area contributed by atoms with Gasteiger partial charge in [-0.15, -0.1) is 0 Å². The van der Waals surface area contributed by atoms with Crippen molar-refractivity contribution in [1.29, 1.82) is 5.26 Å². The van der Waals surface area contributed by atoms with Crippen LogP contribution in [0.2, 0.25) is 0 Å². The average molecular weight is 258 g/mol. The molecule has 0 heterocycles. The standard InChI is InChI=1S/C16H22N2O/c1-13-9-14(5-6-15(13)19-3)10-18(2)12-16(11-17)7-4-8-16/h5-6,9H,4,7-8,10,12H2,1-3H3. The zero-order valence-electron chi connectivity index (χ0n) is 12.1. The van der Waals surface area contributed by atoms with Crippen molar-refractivity contribution in [2.24, 2.45) is 5.41 Å². The molecule has 1 aliphatic carbocycles. The number of benzene rings is 1. The molecule has 0 radical (unpaired) electrons. The second-order valence-corrected chi connectivity index (χ2v) is 5.72. The smallest absolute Gasteiger partial charge is 0.121 e. The lowest BCUT2D eigenvalue weighted by Crippen LogP contribution is -2.39. The molecule has 102 valence electrons. The van der Waals surface area contributed by atoms with Gasteiger partial charge in [-0.1, -0.05) is 18.6 Å². The zero-order chi connectivity index (χ0) is 13.9. The summed E-state index contributed by atoms with van der Waals surface area (Å²) in [5.74, 6) is 0.930. The average Bonchev–Trinajstić information content (AvgIpc) is 2.34. The van der Waals surface area contributed by atoms with Gasteiger partial charge in [-0.2, -0.15) is 5.26 Å². The third kappa shape index (κ3) is 3.08. The van der Waals surface area contributed by atoms with Gasteiger partial charge in [0.25, 0.3) is 0 Å². The first-order valence-corrected chi connectivity index (χ1v) is 6.82. The third-order valence-corrected chi connectivity index (χ3v) is 4.03. The Morgan fingerprint density at radius 3 is 2.63 bits per heavy atom. The van der Waals surface area contributed by atoms with Crippen LogP contribution in [0.15, 0.2) is 18.2 Å². The highest BCUT2D eigenvalue weighted by Gasteiger charge is 2.37. The molecule has 0 aliphatic heterocycles. The summed E-state index contributed by atoms with van der Waals surface area (Å²) in [7, 11) is 3.79. The summed E-state index contributed by atoms with van der Waals surface area (Å²) in [6.45, 7) is 3.81. The summed E-state index contributed by atoms with van der Waals surface area (Å²) in [4.78, 5) is 2.25. The van der Waals surface area contributed by atoms with Crippen LogP contribution in [0, 0.1) is 23.7 Å². The number of nitrogens with zero attached hydrogens (tertiary/aromatic N) is 2. The van der Waals surface area contributed by atoms with Crippen molar-refractivity contribution in [1.82, 2.24) is 4.90 Å². The van der Waals surface area contributed by atoms with Crippen LogP contribution in [0.4, 0.5) is 0 Å². The van der Waals surface area contributed by atoms with E-state index in [2.05, 4.69) is 37.1 Å². The molecule has 1 aromatic carbocycles. The molecule has 1 saturated carbocycles. The summed E-state index contributed by atoms with van der Waals surface area (Å²) >= 11 is 0. The molecule has 0 amide bonds. The first kappa shape index (κ1) is 13.9. The Hall–Kier alpha value is -1.53. The van der Waals surface area contributed by atoms with Crippen molar-refractivity contribution in [3.63, 3.8) is 0 Å². The summed E-state index contributed by atoms with van der Waals surface area (Å²) < 4.78 is 5.27. The van der Waals surface area contributed by atoms with Crippen LogP contribution >= 0.6 is 0 Å². The van der Waals surface area contributed by atoms with Gasteiger partial charge in [0.1, 0.15) is 5.75 Å². The maximum atomic E-state index is 9.27. The van der Waals surface area contributed by atoms with E-state index in [1.165, 1.54) is 12.0 Å². The van der Waals surface area contributed by atoms with Crippen molar-refractivity contribution >= 4 is 0 Å². The van der Waals surface area contributed by atoms with Crippen LogP contribution in [0.5, 0.6) is 5.75 Å². The van der Waals surface area contributed by atoms with Gasteiger partial charge in [0.05, 0.1) is 18.6 Å². The van der Waals surface area contributed by atoms with E-state index in [4.69, 9.17) is 4.74 Å². The monoisotopic (exact) mass is 258 g/mol. The van der Waals surface area contributed by atoms with Crippen LogP contribution in [0.3, 0.4) is 0 Å². The summed E-state index contributed by atoms with van der Waals surface area (Å²) in [6, 6.07) is 8.78. The molecule has 3 nitrogen and oxygen atoms in total. The molecule has 1 aliphatic rings. The molecule has 1 fully saturated rings. The van der Waals surface area contributed by atoms with Crippen LogP contribution in [-0.4, -0.2) is 25.6 Å². The zero-order valence-corrected chi connectivity index (χ0v) is 12.1. The Kier molecular flexibility index (Phi) is 4.11. The Morgan fingerprint density at radius 2 is 2.16 bits per heavy atom. The molecule has 3 heteroatoms. The summed E-state index contributed by atoms with van der Waals surface area (Å²) in [5, 5.41) is 9.27. The molecular weight excluding hydrogens is 236 g/mol. The van der Waals surface area contributed by atoms with Crippen molar-refractivity contribution in [2.45, 2.75) is 32.7 Å². The second kappa shape index (κ2) is 5.63. The van der Waals surface area contributed by atoms with Gasteiger partial charge >= 0.3 is 0 Å². The van der Waals surface area contributed by atoms with E-state index in [9.17, 15) is 5.26 Å². The molecule has 1 aromatic rings. The van der Waals surface area contributed by atoms with Crippen LogP contribution < -0.4 is 4.74 Å². The fourth-order valence-corrected chi connectivity index (χ4v) is 2.83. The molecule has 2 rings (SSSR count). The van der Waals surface area contributed by atoms with Crippen molar-refractivity contribution in [3.8, 4) is 11.8 Å². The number of methoxy groups -OCH3 is 1. The number of hydrogen-bond donors (Lipinski definition) is 0. The largest absolute Gasteiger partial charge is 0.496 e. The van der Waals surface area contributed by atoms with E-state index in [0.29, 0.717) is 0 Å². The fourth-order valence-electron chi connectivity index (χ4n) is 2.83. The second-order valence-electron chi connectivity index (χ2n) is 5.72. The van der Waals surface area contributed by atoms with Gasteiger partial charge in [0, 0.05) is 13.1 Å². The highest BCUT2D eigenvalue weighted by molar-refractivity contribution is 5.36. The fraction of sp³-hybridized carbons (Fsp3) is 0.562. The van der Waals surface area contributed by atoms with Gasteiger partial charge in [-0.3, -0.25) is 0 Å². The maximum Gasteiger partial charge on any atom is 0.121 e. The predicted molar refractivity (Wildman–Crippen MR) is 76.0 cm³/mol. The van der Waals surface area contributed by atoms with Crippen LogP contribution in [-0.2, 0) is 6.54 Å². The number of hydrogen-bond acceptors (Lipinski definition) is 3. The van der Waals surface area contributed by atoms with Crippen molar-refractivity contribution in [3.05, 3.63) is 29.3 Å². The minimum atomic E-state index is -0.0870. The van der Waals surface area contributed by atoms with Crippen molar-refractivity contribution in [2.75, 3.05) is 20.7 Å². The van der Waals surface area contributed by atoms with E-state index in [1.807, 2.05) is 6.07 Å². The van der Waals surface area contributed by atoms with Crippen LogP contribution in [0.25, 0.3) is 0 Å². The Morgan fingerprint density at radius 1 is 1.42 bits per heavy atom. The highest BCUT2D eigenvalue weighted by atomic mass is 16.5. The van der Waals surface area contributed by atoms with Gasteiger partial charge < -0.3 is 9.64 Å². The molecule has 19 heavy (non-hydrogen) atoms. The van der Waals surface area contributed by atoms with E-state index < -0.39 is 0 Å². The Balaban J connectivity index is 1.97. The number of aryl methyl sites for hydroxylation is 1. The maximum absolute atomic E-state index is 9.27. The van der Waals surface area contributed by atoms with Crippen LogP contribution in [0.1, 0.15) is 30.4 Å². The molecule has 0 saturated heterocycles. The quantitative estimate of drug-likeness (QED) is 0.814. The normalized spacial score (nSPS) is 16.8. The minimum absolute atomic E-state index is 0.0870. The molecule has 0 aromatic heterocycles. The third-order valence-electron chi connectivity index (χ3n) is 4.03. The Labute approximate surface area is 115 Å². The highest BCUT2D eigenvalue weighted by Crippen LogP contribution is 2.40. The van der Waals surface area contributed by atoms with Gasteiger partial charge in [0.2, 0.25) is 0 Å². The number of ether oxygens (including phenoxy) is 1. The summed E-state index contributed by atoms with van der Waals surface area (Å²) in [6.07, 6.45) is 3.30. The molecular formula is C16H22N2O. The van der Waals surface area contributed by atoms with E-state index in [1.54, 1.807) is 7.11 Å². The van der Waals surface area contributed by atoms with E-state index in [-0.39, 0.29) is 5.41 Å². The lowest BCUT2D eigenvalue weighted by Gasteiger charge is -2.38. The van der Waals surface area contributed by atoms with E-state index >= 15 is 0 Å². The molecule has 0 bridgehead atoms. The first-order valence-electron chi connectivity index (χ1n) is 6.82. The SMILES string of the molecule is COc1ccc(CN(C)CC2(C#N)CCC2)cc1C. The molecule has 0 atom stereocenters. The molecule has 0 unspecified atom stereocenters. The molecule has 0 spiro atoms. The van der Waals surface area contributed by atoms with E-state index in [0.717, 1.165) is 37.2 Å². The van der Waals surface area contributed by atoms with Crippen molar-refractivity contribution < 1.29 is 4.74 Å². The van der Waals surface area contributed by atoms with Gasteiger partial charge in [-0.25, -0.2) is 0 Å². The first-order chi connectivity index (χ1) is 9.08. The molecule has 0 N–H and O–H groups in total. The number of nitriles is 1. The Bertz CT molecular complexity index is 486. The predicted octanol–water partition coefficient (Wildman–Crippen LogP) is 3.13.